The lowest BCUT2D eigenvalue weighted by Crippen LogP contribution is -2.24. The lowest BCUT2D eigenvalue weighted by atomic mass is 10.1. The van der Waals surface area contributed by atoms with Crippen LogP contribution in [0.5, 0.6) is 5.88 Å². The van der Waals surface area contributed by atoms with Gasteiger partial charge in [-0.2, -0.15) is 9.49 Å². The van der Waals surface area contributed by atoms with Crippen molar-refractivity contribution in [1.29, 1.82) is 0 Å². The molecule has 0 N–H and O–H groups in total. The molecule has 3 rings (SSSR count). The first kappa shape index (κ1) is 14.5. The van der Waals surface area contributed by atoms with Crippen LogP contribution in [0.2, 0.25) is 0 Å². The van der Waals surface area contributed by atoms with E-state index in [1.807, 2.05) is 6.92 Å². The molecule has 0 amide bonds. The Kier molecular flexibility index (Phi) is 3.79. The number of esters is 1. The summed E-state index contributed by atoms with van der Waals surface area (Å²) in [6.07, 6.45) is 2.14. The zero-order chi connectivity index (χ0) is 15.7. The van der Waals surface area contributed by atoms with Crippen molar-refractivity contribution in [1.82, 2.24) is 14.8 Å². The number of fused-ring (bicyclic) bond motifs is 1. The minimum Gasteiger partial charge on any atom is -0.474 e. The Morgan fingerprint density at radius 3 is 3.05 bits per heavy atom. The summed E-state index contributed by atoms with van der Waals surface area (Å²) in [7, 11) is 0. The second-order valence-corrected chi connectivity index (χ2v) is 5.06. The van der Waals surface area contributed by atoms with Gasteiger partial charge in [-0.15, -0.1) is 0 Å². The summed E-state index contributed by atoms with van der Waals surface area (Å²) < 4.78 is 25.5. The van der Waals surface area contributed by atoms with Crippen molar-refractivity contribution in [3.63, 3.8) is 0 Å². The van der Waals surface area contributed by atoms with Crippen molar-refractivity contribution in [2.24, 2.45) is 0 Å². The van der Waals surface area contributed by atoms with Crippen LogP contribution in [-0.2, 0) is 11.3 Å². The fraction of sp³-hybridized carbons (Fsp3) is 0.400. The van der Waals surface area contributed by atoms with E-state index in [1.54, 1.807) is 11.6 Å². The number of hydrogen-bond acceptors (Lipinski definition) is 5. The second kappa shape index (κ2) is 5.75. The summed E-state index contributed by atoms with van der Waals surface area (Å²) in [6, 6.07) is 2.76. The molecule has 6 nitrogen and oxygen atoms in total. The highest BCUT2D eigenvalue weighted by Crippen LogP contribution is 2.34. The highest BCUT2D eigenvalue weighted by molar-refractivity contribution is 5.98. The van der Waals surface area contributed by atoms with Crippen molar-refractivity contribution in [3.8, 4) is 17.1 Å². The third-order valence-corrected chi connectivity index (χ3v) is 3.45. The molecule has 0 spiro atoms. The summed E-state index contributed by atoms with van der Waals surface area (Å²) in [5.41, 5.74) is 1.21. The molecule has 0 bridgehead atoms. The lowest BCUT2D eigenvalue weighted by Gasteiger charge is -2.21. The van der Waals surface area contributed by atoms with E-state index in [4.69, 9.17) is 9.47 Å². The van der Waals surface area contributed by atoms with Crippen LogP contribution in [-0.4, -0.2) is 33.4 Å². The minimum absolute atomic E-state index is 0.00318. The smallest absolute Gasteiger partial charge is 0.345 e. The highest BCUT2D eigenvalue weighted by atomic mass is 19.1. The summed E-state index contributed by atoms with van der Waals surface area (Å²) >= 11 is 0. The van der Waals surface area contributed by atoms with Crippen LogP contribution in [0.3, 0.4) is 0 Å². The second-order valence-electron chi connectivity index (χ2n) is 5.06. The third-order valence-electron chi connectivity index (χ3n) is 3.45. The van der Waals surface area contributed by atoms with E-state index in [0.717, 1.165) is 6.42 Å². The maximum Gasteiger partial charge on any atom is 0.345 e. The molecule has 7 heteroatoms. The summed E-state index contributed by atoms with van der Waals surface area (Å²) in [5, 5.41) is 4.42. The van der Waals surface area contributed by atoms with Gasteiger partial charge >= 0.3 is 5.97 Å². The first-order chi connectivity index (χ1) is 10.6. The Bertz CT molecular complexity index is 697. The number of aromatic nitrogens is 3. The predicted octanol–water partition coefficient (Wildman–Crippen LogP) is 2.43. The molecule has 0 saturated heterocycles. The van der Waals surface area contributed by atoms with Crippen LogP contribution in [0.25, 0.3) is 11.3 Å². The number of hydrogen-bond donors (Lipinski definition) is 0. The van der Waals surface area contributed by atoms with Crippen LogP contribution < -0.4 is 4.74 Å². The molecule has 1 aliphatic heterocycles. The van der Waals surface area contributed by atoms with Crippen LogP contribution in [0.15, 0.2) is 18.3 Å². The molecule has 2 aromatic heterocycles. The van der Waals surface area contributed by atoms with Crippen LogP contribution in [0.1, 0.15) is 30.6 Å². The molecule has 0 aliphatic carbocycles. The number of carbonyl (C=O) groups excluding carboxylic acids is 1. The fourth-order valence-corrected chi connectivity index (χ4v) is 2.38. The van der Waals surface area contributed by atoms with E-state index >= 15 is 0 Å². The maximum atomic E-state index is 13.0. The van der Waals surface area contributed by atoms with Crippen LogP contribution >= 0.6 is 0 Å². The number of aryl methyl sites for hydroxylation is 1. The van der Waals surface area contributed by atoms with Gasteiger partial charge in [-0.3, -0.25) is 0 Å². The summed E-state index contributed by atoms with van der Waals surface area (Å²) in [5.74, 6) is -0.691. The summed E-state index contributed by atoms with van der Waals surface area (Å²) in [4.78, 5) is 15.9. The molecular weight excluding hydrogens is 289 g/mol. The number of pyridine rings is 1. The number of halogens is 1. The lowest BCUT2D eigenvalue weighted by molar-refractivity contribution is 0.0515. The Morgan fingerprint density at radius 2 is 2.36 bits per heavy atom. The summed E-state index contributed by atoms with van der Waals surface area (Å²) in [6.45, 7) is 4.57. The van der Waals surface area contributed by atoms with Gasteiger partial charge in [0.1, 0.15) is 11.3 Å². The van der Waals surface area contributed by atoms with Gasteiger partial charge in [-0.05, 0) is 26.0 Å². The van der Waals surface area contributed by atoms with Gasteiger partial charge in [0.05, 0.1) is 12.7 Å². The van der Waals surface area contributed by atoms with Gasteiger partial charge in [-0.25, -0.2) is 14.5 Å². The fourth-order valence-electron chi connectivity index (χ4n) is 2.38. The van der Waals surface area contributed by atoms with Gasteiger partial charge in [0, 0.05) is 24.7 Å². The van der Waals surface area contributed by atoms with E-state index in [-0.39, 0.29) is 18.3 Å². The van der Waals surface area contributed by atoms with Gasteiger partial charge < -0.3 is 9.47 Å². The molecule has 1 aliphatic rings. The third kappa shape index (κ3) is 2.54. The molecular formula is C15H16FN3O3. The Balaban J connectivity index is 2.12. The van der Waals surface area contributed by atoms with Crippen molar-refractivity contribution < 1.29 is 18.7 Å². The van der Waals surface area contributed by atoms with Gasteiger partial charge in [0.2, 0.25) is 11.8 Å². The molecule has 0 aromatic carbocycles. The molecule has 0 fully saturated rings. The highest BCUT2D eigenvalue weighted by Gasteiger charge is 2.31. The molecule has 0 saturated carbocycles. The van der Waals surface area contributed by atoms with Crippen molar-refractivity contribution in [2.75, 3.05) is 6.61 Å². The normalized spacial score (nSPS) is 16.8. The van der Waals surface area contributed by atoms with E-state index in [2.05, 4.69) is 10.1 Å². The zero-order valence-electron chi connectivity index (χ0n) is 12.4. The number of carbonyl (C=O) groups is 1. The van der Waals surface area contributed by atoms with E-state index in [1.165, 1.54) is 18.3 Å². The van der Waals surface area contributed by atoms with Gasteiger partial charge in [0.15, 0.2) is 0 Å². The Hall–Kier alpha value is -2.44. The monoisotopic (exact) mass is 305 g/mol. The average molecular weight is 305 g/mol. The standard InChI is InChI=1S/C15H16FN3O3/c1-3-21-15(20)12-13(10-4-5-11(16)17-8-10)18-19-7-6-9(2)22-14(12)19/h4-5,8-9H,3,6-7H2,1-2H3/t9-/m1/s1. The Labute approximate surface area is 126 Å². The molecule has 1 atom stereocenters. The molecule has 2 aromatic rings. The topological polar surface area (TPSA) is 66.2 Å². The largest absolute Gasteiger partial charge is 0.474 e. The molecule has 3 heterocycles. The Morgan fingerprint density at radius 1 is 1.55 bits per heavy atom. The number of rotatable bonds is 3. The van der Waals surface area contributed by atoms with E-state index < -0.39 is 11.9 Å². The number of nitrogens with zero attached hydrogens (tertiary/aromatic N) is 3. The van der Waals surface area contributed by atoms with Crippen molar-refractivity contribution in [3.05, 3.63) is 29.8 Å². The molecule has 0 radical (unpaired) electrons. The minimum atomic E-state index is -0.588. The van der Waals surface area contributed by atoms with Crippen LogP contribution in [0.4, 0.5) is 4.39 Å². The zero-order valence-corrected chi connectivity index (χ0v) is 12.4. The SMILES string of the molecule is CCOC(=O)c1c(-c2ccc(F)nc2)nn2c1O[C@H](C)CC2. The molecule has 116 valence electrons. The van der Waals surface area contributed by atoms with Gasteiger partial charge in [0.25, 0.3) is 0 Å². The van der Waals surface area contributed by atoms with Crippen molar-refractivity contribution in [2.45, 2.75) is 32.9 Å². The first-order valence-corrected chi connectivity index (χ1v) is 7.16. The maximum absolute atomic E-state index is 13.0. The first-order valence-electron chi connectivity index (χ1n) is 7.16. The average Bonchev–Trinajstić information content (AvgIpc) is 2.86. The van der Waals surface area contributed by atoms with Crippen molar-refractivity contribution >= 4 is 5.97 Å². The van der Waals surface area contributed by atoms with Crippen LogP contribution in [0, 0.1) is 5.95 Å². The number of ether oxygens (including phenoxy) is 2. The van der Waals surface area contributed by atoms with E-state index in [0.29, 0.717) is 23.7 Å². The van der Waals surface area contributed by atoms with E-state index in [9.17, 15) is 9.18 Å². The predicted molar refractivity (Wildman–Crippen MR) is 76.1 cm³/mol. The molecule has 22 heavy (non-hydrogen) atoms. The van der Waals surface area contributed by atoms with Gasteiger partial charge in [-0.1, -0.05) is 0 Å². The quantitative estimate of drug-likeness (QED) is 0.643. The molecule has 0 unspecified atom stereocenters.